The maximum Gasteiger partial charge on any atom is 0.138 e. The van der Waals surface area contributed by atoms with Crippen LogP contribution in [-0.4, -0.2) is 14.1 Å². The summed E-state index contributed by atoms with van der Waals surface area (Å²) in [7, 11) is 0. The summed E-state index contributed by atoms with van der Waals surface area (Å²) in [4.78, 5) is 5.56. The van der Waals surface area contributed by atoms with Crippen molar-refractivity contribution in [2.24, 2.45) is 0 Å². The molecule has 4 nitrogen and oxygen atoms in total. The Morgan fingerprint density at radius 1 is 0.333 bits per heavy atom. The van der Waals surface area contributed by atoms with Crippen molar-refractivity contribution in [3.8, 4) is 73.2 Å². The first-order valence-corrected chi connectivity index (χ1v) is 24.9. The topological polar surface area (TPSA) is 46.5 Å². The molecule has 346 valence electrons. The Hall–Kier alpha value is -8.78. The van der Waals surface area contributed by atoms with E-state index in [9.17, 15) is 5.26 Å². The molecule has 0 N–H and O–H groups in total. The van der Waals surface area contributed by atoms with E-state index in [2.05, 4.69) is 228 Å². The van der Waals surface area contributed by atoms with E-state index in [1.165, 1.54) is 66.8 Å². The van der Waals surface area contributed by atoms with Gasteiger partial charge in [-0.25, -0.2) is 4.98 Å². The molecule has 12 aromatic rings. The highest BCUT2D eigenvalue weighted by molar-refractivity contribution is 6.13. The quantitative estimate of drug-likeness (QED) is 0.160. The largest absolute Gasteiger partial charge is 0.307 e. The van der Waals surface area contributed by atoms with Crippen molar-refractivity contribution in [3.63, 3.8) is 0 Å². The monoisotopic (exact) mass is 926 g/mol. The van der Waals surface area contributed by atoms with Crippen LogP contribution in [0.5, 0.6) is 0 Å². The fourth-order valence-electron chi connectivity index (χ4n) is 11.6. The van der Waals surface area contributed by atoms with Crippen LogP contribution in [0.2, 0.25) is 0 Å². The molecule has 0 aliphatic rings. The SMILES string of the molecule is Cc1cc(C)cc(-c2ccc3c4ccc(-c5cc(C)cc(C)c5)cc4n(-c4cc(-c5ccccc5C#N)c(-n5c6cc(-c7cc(C)cc(C)c7)ccc6c6ccc(-c7cc(C)cc(C)c7)cc65)cn4)c3c2)c1. The first-order valence-electron chi connectivity index (χ1n) is 24.9. The van der Waals surface area contributed by atoms with Crippen LogP contribution in [0.4, 0.5) is 0 Å². The first-order chi connectivity index (χ1) is 34.8. The number of nitriles is 1. The molecule has 0 fully saturated rings. The molecule has 0 radical (unpaired) electrons. The first kappa shape index (κ1) is 44.4. The Bertz CT molecular complexity index is 3970. The smallest absolute Gasteiger partial charge is 0.138 e. The molecule has 3 heterocycles. The molecule has 0 unspecified atom stereocenters. The lowest BCUT2D eigenvalue weighted by atomic mass is 9.98. The second-order valence-electron chi connectivity index (χ2n) is 20.3. The summed E-state index contributed by atoms with van der Waals surface area (Å²) in [5, 5.41) is 15.5. The van der Waals surface area contributed by atoms with Crippen LogP contribution >= 0.6 is 0 Å². The van der Waals surface area contributed by atoms with Gasteiger partial charge in [-0.05, 0) is 136 Å². The van der Waals surface area contributed by atoms with Gasteiger partial charge in [0.1, 0.15) is 5.82 Å². The van der Waals surface area contributed by atoms with Crippen LogP contribution < -0.4 is 0 Å². The van der Waals surface area contributed by atoms with Crippen molar-refractivity contribution in [2.45, 2.75) is 55.4 Å². The van der Waals surface area contributed by atoms with Gasteiger partial charge >= 0.3 is 0 Å². The van der Waals surface area contributed by atoms with Gasteiger partial charge in [-0.15, -0.1) is 0 Å². The Morgan fingerprint density at radius 3 is 1.01 bits per heavy atom. The molecule has 0 spiro atoms. The van der Waals surface area contributed by atoms with Crippen LogP contribution in [0.3, 0.4) is 0 Å². The van der Waals surface area contributed by atoms with E-state index < -0.39 is 0 Å². The fraction of sp³-hybridized carbons (Fsp3) is 0.118. The molecule has 0 aliphatic carbocycles. The lowest BCUT2D eigenvalue weighted by Crippen LogP contribution is -2.04. The number of aryl methyl sites for hydroxylation is 8. The van der Waals surface area contributed by atoms with Gasteiger partial charge in [0, 0.05) is 32.7 Å². The van der Waals surface area contributed by atoms with E-state index in [1.54, 1.807) is 0 Å². The lowest BCUT2D eigenvalue weighted by molar-refractivity contribution is 1.06. The highest BCUT2D eigenvalue weighted by atomic mass is 15.1. The third kappa shape index (κ3) is 7.75. The van der Waals surface area contributed by atoms with Gasteiger partial charge in [-0.2, -0.15) is 5.26 Å². The number of hydrogen-bond donors (Lipinski definition) is 0. The molecule has 0 saturated heterocycles. The molecule has 12 rings (SSSR count). The second kappa shape index (κ2) is 17.3. The summed E-state index contributed by atoms with van der Waals surface area (Å²) < 4.78 is 4.74. The summed E-state index contributed by atoms with van der Waals surface area (Å²) >= 11 is 0. The highest BCUT2D eigenvalue weighted by Crippen LogP contribution is 2.43. The minimum atomic E-state index is 0.597. The van der Waals surface area contributed by atoms with Gasteiger partial charge in [0.25, 0.3) is 0 Å². The number of benzene rings is 9. The third-order valence-corrected chi connectivity index (χ3v) is 14.4. The summed E-state index contributed by atoms with van der Waals surface area (Å²) in [6, 6.07) is 67.3. The number of hydrogen-bond acceptors (Lipinski definition) is 2. The molecule has 0 bridgehead atoms. The molecule has 72 heavy (non-hydrogen) atoms. The van der Waals surface area contributed by atoms with Crippen LogP contribution in [0.25, 0.3) is 111 Å². The summed E-state index contributed by atoms with van der Waals surface area (Å²) in [6.45, 7) is 17.3. The molecule has 9 aromatic carbocycles. The van der Waals surface area contributed by atoms with E-state index in [4.69, 9.17) is 4.98 Å². The maximum atomic E-state index is 10.9. The number of rotatable bonds is 7. The normalized spacial score (nSPS) is 11.6. The van der Waals surface area contributed by atoms with E-state index >= 15 is 0 Å². The van der Waals surface area contributed by atoms with Crippen molar-refractivity contribution in [3.05, 3.63) is 232 Å². The zero-order valence-electron chi connectivity index (χ0n) is 42.1. The van der Waals surface area contributed by atoms with Gasteiger partial charge in [0.2, 0.25) is 0 Å². The zero-order chi connectivity index (χ0) is 49.5. The summed E-state index contributed by atoms with van der Waals surface area (Å²) in [6.07, 6.45) is 2.05. The minimum Gasteiger partial charge on any atom is -0.307 e. The van der Waals surface area contributed by atoms with Crippen molar-refractivity contribution < 1.29 is 0 Å². The molecular formula is C68H54N4. The predicted molar refractivity (Wildman–Crippen MR) is 303 cm³/mol. The average molecular weight is 927 g/mol. The Kier molecular flexibility index (Phi) is 10.7. The number of nitrogens with zero attached hydrogens (tertiary/aromatic N) is 4. The van der Waals surface area contributed by atoms with Gasteiger partial charge in [0.15, 0.2) is 0 Å². The summed E-state index contributed by atoms with van der Waals surface area (Å²) in [5.41, 5.74) is 26.6. The maximum absolute atomic E-state index is 10.9. The van der Waals surface area contributed by atoms with Gasteiger partial charge in [0.05, 0.1) is 45.6 Å². The van der Waals surface area contributed by atoms with E-state index in [1.807, 2.05) is 24.4 Å². The van der Waals surface area contributed by atoms with E-state index in [-0.39, 0.29) is 0 Å². The molecule has 3 aromatic heterocycles. The molecule has 0 saturated carbocycles. The van der Waals surface area contributed by atoms with Gasteiger partial charge < -0.3 is 4.57 Å². The number of fused-ring (bicyclic) bond motifs is 6. The Balaban J connectivity index is 1.18. The number of pyridine rings is 1. The van der Waals surface area contributed by atoms with Crippen LogP contribution in [0.15, 0.2) is 182 Å². The van der Waals surface area contributed by atoms with Crippen molar-refractivity contribution in [1.82, 2.24) is 14.1 Å². The Morgan fingerprint density at radius 2 is 0.667 bits per heavy atom. The standard InChI is InChI=1S/C68H54N4/c1-40-21-41(2)26-53(25-40)48-13-17-58-59-18-14-49(54-27-42(3)22-43(4)28-54)34-64(59)71(63(58)33-48)67-39-70-68(37-62(67)57-12-10-9-11-52(57)38-69)72-65-35-50(55-29-44(5)23-45(6)30-55)15-19-60(65)61-20-16-51(36-66(61)72)56-31-46(7)24-47(8)32-56/h9-37,39H,1-8H3. The fourth-order valence-corrected chi connectivity index (χ4v) is 11.6. The minimum absolute atomic E-state index is 0.597. The zero-order valence-corrected chi connectivity index (χ0v) is 42.1. The van der Waals surface area contributed by atoms with Crippen LogP contribution in [-0.2, 0) is 0 Å². The van der Waals surface area contributed by atoms with Crippen molar-refractivity contribution in [2.75, 3.05) is 0 Å². The molecular weight excluding hydrogens is 873 g/mol. The molecule has 0 amide bonds. The van der Waals surface area contributed by atoms with Gasteiger partial charge in [-0.3, -0.25) is 4.57 Å². The predicted octanol–water partition coefficient (Wildman–Crippen LogP) is 17.9. The van der Waals surface area contributed by atoms with Crippen LogP contribution in [0, 0.1) is 66.7 Å². The van der Waals surface area contributed by atoms with E-state index in [0.717, 1.165) is 88.5 Å². The van der Waals surface area contributed by atoms with Gasteiger partial charge in [-0.1, -0.05) is 184 Å². The average Bonchev–Trinajstić information content (AvgIpc) is 3.86. The summed E-state index contributed by atoms with van der Waals surface area (Å²) in [5.74, 6) is 0.768. The third-order valence-electron chi connectivity index (χ3n) is 14.4. The molecule has 4 heteroatoms. The highest BCUT2D eigenvalue weighted by Gasteiger charge is 2.23. The van der Waals surface area contributed by atoms with Crippen molar-refractivity contribution in [1.29, 1.82) is 5.26 Å². The van der Waals surface area contributed by atoms with Crippen LogP contribution in [0.1, 0.15) is 50.1 Å². The molecule has 0 atom stereocenters. The molecule has 0 aliphatic heterocycles. The van der Waals surface area contributed by atoms with Crippen molar-refractivity contribution >= 4 is 43.6 Å². The second-order valence-corrected chi connectivity index (χ2v) is 20.3. The number of aromatic nitrogens is 3. The van der Waals surface area contributed by atoms with E-state index in [0.29, 0.717) is 5.56 Å². The Labute approximate surface area is 421 Å². The lowest BCUT2D eigenvalue weighted by Gasteiger charge is -2.18.